The van der Waals surface area contributed by atoms with E-state index in [1.54, 1.807) is 0 Å². The van der Waals surface area contributed by atoms with Crippen molar-refractivity contribution in [3.05, 3.63) is 0 Å². The Balaban J connectivity index is 2.13. The van der Waals surface area contributed by atoms with Crippen molar-refractivity contribution in [3.63, 3.8) is 0 Å². The number of hydrogen-bond acceptors (Lipinski definition) is 3. The van der Waals surface area contributed by atoms with Gasteiger partial charge in [-0.1, -0.05) is 13.8 Å². The molecule has 1 atom stereocenters. The van der Waals surface area contributed by atoms with Crippen LogP contribution in [-0.2, 0) is 0 Å². The predicted molar refractivity (Wildman–Crippen MR) is 65.1 cm³/mol. The Morgan fingerprint density at radius 1 is 1.53 bits per heavy atom. The Morgan fingerprint density at radius 2 is 2.27 bits per heavy atom. The number of nitrogens with two attached hydrogens (primary N) is 1. The highest BCUT2D eigenvalue weighted by atomic mass is 32.2. The lowest BCUT2D eigenvalue weighted by atomic mass is 9.88. The van der Waals surface area contributed by atoms with Gasteiger partial charge in [0.2, 0.25) is 0 Å². The number of thioether (sulfide) groups is 1. The summed E-state index contributed by atoms with van der Waals surface area (Å²) >= 11 is 2.00. The van der Waals surface area contributed by atoms with Crippen LogP contribution >= 0.6 is 11.8 Å². The molecule has 1 rings (SSSR count). The fraction of sp³-hybridized carbons (Fsp3) is 0.900. The first-order valence-corrected chi connectivity index (χ1v) is 6.49. The number of nitrogens with one attached hydrogen (secondary N) is 2. The van der Waals surface area contributed by atoms with Crippen molar-refractivity contribution in [1.29, 1.82) is 0 Å². The molecule has 0 bridgehead atoms. The fourth-order valence-corrected chi connectivity index (χ4v) is 3.16. The molecule has 1 fully saturated rings. The Hall–Kier alpha value is -0.420. The van der Waals surface area contributed by atoms with Gasteiger partial charge < -0.3 is 16.4 Å². The lowest BCUT2D eigenvalue weighted by Gasteiger charge is -2.35. The molecule has 4 N–H and O–H groups in total. The highest BCUT2D eigenvalue weighted by Gasteiger charge is 2.27. The van der Waals surface area contributed by atoms with Crippen molar-refractivity contribution in [2.24, 2.45) is 11.1 Å². The molecular formula is C10H21N3OS. The molecule has 15 heavy (non-hydrogen) atoms. The molecule has 1 aliphatic heterocycles. The van der Waals surface area contributed by atoms with Gasteiger partial charge in [0.05, 0.1) is 0 Å². The van der Waals surface area contributed by atoms with Crippen LogP contribution in [0, 0.1) is 5.41 Å². The van der Waals surface area contributed by atoms with Gasteiger partial charge in [0.1, 0.15) is 0 Å². The van der Waals surface area contributed by atoms with Crippen LogP contribution in [0.3, 0.4) is 0 Å². The van der Waals surface area contributed by atoms with Gasteiger partial charge in [-0.15, -0.1) is 0 Å². The maximum atomic E-state index is 10.4. The Labute approximate surface area is 95.7 Å². The van der Waals surface area contributed by atoms with Crippen molar-refractivity contribution in [2.45, 2.75) is 26.3 Å². The Morgan fingerprint density at radius 3 is 2.87 bits per heavy atom. The zero-order valence-corrected chi connectivity index (χ0v) is 10.3. The van der Waals surface area contributed by atoms with Gasteiger partial charge in [-0.2, -0.15) is 11.8 Å². The number of urea groups is 1. The highest BCUT2D eigenvalue weighted by molar-refractivity contribution is 7.99. The van der Waals surface area contributed by atoms with Gasteiger partial charge in [0, 0.05) is 24.9 Å². The fourth-order valence-electron chi connectivity index (χ4n) is 1.86. The minimum absolute atomic E-state index is 0.428. The first-order valence-electron chi connectivity index (χ1n) is 5.34. The topological polar surface area (TPSA) is 67.2 Å². The van der Waals surface area contributed by atoms with E-state index in [0.29, 0.717) is 18.0 Å². The maximum absolute atomic E-state index is 10.4. The molecule has 1 saturated heterocycles. The van der Waals surface area contributed by atoms with E-state index >= 15 is 0 Å². The number of rotatable bonds is 4. The van der Waals surface area contributed by atoms with Crippen LogP contribution in [0.25, 0.3) is 0 Å². The van der Waals surface area contributed by atoms with E-state index in [4.69, 9.17) is 5.73 Å². The summed E-state index contributed by atoms with van der Waals surface area (Å²) in [6.45, 7) is 6.01. The first kappa shape index (κ1) is 12.6. The molecule has 1 unspecified atom stereocenters. The third-order valence-electron chi connectivity index (χ3n) is 2.47. The number of primary amides is 1. The number of carbonyl (C=O) groups is 1. The molecule has 0 aromatic heterocycles. The van der Waals surface area contributed by atoms with E-state index < -0.39 is 6.03 Å². The minimum Gasteiger partial charge on any atom is -0.352 e. The number of hydrogen-bond donors (Lipinski definition) is 3. The summed E-state index contributed by atoms with van der Waals surface area (Å²) in [6.07, 6.45) is 1.20. The molecule has 0 aliphatic carbocycles. The SMILES string of the molecule is CC1(C)CSCC(NCCNC(N)=O)C1. The second kappa shape index (κ2) is 5.61. The summed E-state index contributed by atoms with van der Waals surface area (Å²) < 4.78 is 0. The Bertz CT molecular complexity index is 221. The van der Waals surface area contributed by atoms with E-state index in [0.717, 1.165) is 6.54 Å². The van der Waals surface area contributed by atoms with Crippen LogP contribution in [0.1, 0.15) is 20.3 Å². The van der Waals surface area contributed by atoms with E-state index in [2.05, 4.69) is 24.5 Å². The molecule has 0 aromatic rings. The summed E-state index contributed by atoms with van der Waals surface area (Å²) in [4.78, 5) is 10.4. The molecule has 5 heteroatoms. The van der Waals surface area contributed by atoms with Crippen LogP contribution in [-0.4, -0.2) is 36.7 Å². The van der Waals surface area contributed by atoms with E-state index in [9.17, 15) is 4.79 Å². The van der Waals surface area contributed by atoms with Crippen molar-refractivity contribution >= 4 is 17.8 Å². The lowest BCUT2D eigenvalue weighted by Crippen LogP contribution is -2.44. The Kier molecular flexibility index (Phi) is 4.73. The normalized spacial score (nSPS) is 24.8. The maximum Gasteiger partial charge on any atom is 0.312 e. The van der Waals surface area contributed by atoms with Gasteiger partial charge in [0.25, 0.3) is 0 Å². The zero-order valence-electron chi connectivity index (χ0n) is 9.51. The molecule has 2 amide bonds. The number of amides is 2. The van der Waals surface area contributed by atoms with Crippen molar-refractivity contribution in [2.75, 3.05) is 24.6 Å². The molecule has 88 valence electrons. The summed E-state index contributed by atoms with van der Waals surface area (Å²) in [7, 11) is 0. The second-order valence-corrected chi connectivity index (χ2v) is 5.86. The molecule has 4 nitrogen and oxygen atoms in total. The van der Waals surface area contributed by atoms with Crippen LogP contribution in [0.5, 0.6) is 0 Å². The summed E-state index contributed by atoms with van der Waals surface area (Å²) in [5, 5.41) is 6.02. The smallest absolute Gasteiger partial charge is 0.312 e. The van der Waals surface area contributed by atoms with E-state index in [1.807, 2.05) is 11.8 Å². The van der Waals surface area contributed by atoms with Gasteiger partial charge >= 0.3 is 6.03 Å². The second-order valence-electron chi connectivity index (χ2n) is 4.83. The zero-order chi connectivity index (χ0) is 11.3. The first-order chi connectivity index (χ1) is 6.99. The average Bonchev–Trinajstić information content (AvgIpc) is 2.10. The molecule has 0 aromatic carbocycles. The lowest BCUT2D eigenvalue weighted by molar-refractivity contribution is 0.248. The predicted octanol–water partition coefficient (Wildman–Crippen LogP) is 0.776. The summed E-state index contributed by atoms with van der Waals surface area (Å²) in [6, 6.07) is 0.114. The minimum atomic E-state index is -0.449. The van der Waals surface area contributed by atoms with Gasteiger partial charge in [-0.05, 0) is 17.6 Å². The molecule has 0 saturated carbocycles. The third-order valence-corrected chi connectivity index (χ3v) is 4.09. The van der Waals surface area contributed by atoms with Gasteiger partial charge in [0.15, 0.2) is 0 Å². The van der Waals surface area contributed by atoms with Crippen LogP contribution in [0.4, 0.5) is 4.79 Å². The highest BCUT2D eigenvalue weighted by Crippen LogP contribution is 2.33. The molecule has 1 aliphatic rings. The monoisotopic (exact) mass is 231 g/mol. The molecular weight excluding hydrogens is 210 g/mol. The summed E-state index contributed by atoms with van der Waals surface area (Å²) in [5.74, 6) is 2.41. The quantitative estimate of drug-likeness (QED) is 0.626. The standard InChI is InChI=1S/C10H21N3OS/c1-10(2)5-8(6-15-7-10)12-3-4-13-9(11)14/h8,12H,3-7H2,1-2H3,(H3,11,13,14). The van der Waals surface area contributed by atoms with Crippen molar-refractivity contribution in [1.82, 2.24) is 10.6 Å². The van der Waals surface area contributed by atoms with Gasteiger partial charge in [-0.25, -0.2) is 4.79 Å². The van der Waals surface area contributed by atoms with Crippen LogP contribution in [0.15, 0.2) is 0 Å². The van der Waals surface area contributed by atoms with Gasteiger partial charge in [-0.3, -0.25) is 0 Å². The molecule has 1 heterocycles. The van der Waals surface area contributed by atoms with Crippen LogP contribution < -0.4 is 16.4 Å². The molecule has 0 spiro atoms. The van der Waals surface area contributed by atoms with Crippen LogP contribution in [0.2, 0.25) is 0 Å². The van der Waals surface area contributed by atoms with Crippen molar-refractivity contribution in [3.8, 4) is 0 Å². The van der Waals surface area contributed by atoms with E-state index in [-0.39, 0.29) is 0 Å². The summed E-state index contributed by atoms with van der Waals surface area (Å²) in [5.41, 5.74) is 5.40. The largest absolute Gasteiger partial charge is 0.352 e. The van der Waals surface area contributed by atoms with Crippen molar-refractivity contribution < 1.29 is 4.79 Å². The molecule has 0 radical (unpaired) electrons. The average molecular weight is 231 g/mol. The number of carbonyl (C=O) groups excluding carboxylic acids is 1. The van der Waals surface area contributed by atoms with E-state index in [1.165, 1.54) is 17.9 Å². The third kappa shape index (κ3) is 5.28.